The predicted molar refractivity (Wildman–Crippen MR) is 117 cm³/mol. The lowest BCUT2D eigenvalue weighted by Gasteiger charge is -2.50. The molecule has 4 heterocycles. The van der Waals surface area contributed by atoms with Crippen LogP contribution in [-0.2, 0) is 10.9 Å². The third-order valence-electron chi connectivity index (χ3n) is 8.22. The van der Waals surface area contributed by atoms with E-state index in [4.69, 9.17) is 15.6 Å². The fourth-order valence-electron chi connectivity index (χ4n) is 6.56. The predicted octanol–water partition coefficient (Wildman–Crippen LogP) is 4.48. The van der Waals surface area contributed by atoms with Crippen LogP contribution in [0.4, 0.5) is 19.0 Å². The van der Waals surface area contributed by atoms with E-state index in [9.17, 15) is 13.2 Å². The van der Waals surface area contributed by atoms with Gasteiger partial charge < -0.3 is 10.5 Å². The van der Waals surface area contributed by atoms with Gasteiger partial charge in [-0.25, -0.2) is 4.98 Å². The molecule has 4 fully saturated rings. The Labute approximate surface area is 191 Å². The summed E-state index contributed by atoms with van der Waals surface area (Å²) in [6.07, 6.45) is 1.59. The summed E-state index contributed by atoms with van der Waals surface area (Å²) in [5.74, 6) is 1.20. The Kier molecular flexibility index (Phi) is 4.66. The maximum Gasteiger partial charge on any atom is 0.419 e. The molecule has 2 saturated heterocycles. The summed E-state index contributed by atoms with van der Waals surface area (Å²) >= 11 is 0. The summed E-state index contributed by atoms with van der Waals surface area (Å²) in [5.41, 5.74) is 6.72. The number of fused-ring (bicyclic) bond motifs is 1. The Balaban J connectivity index is 1.20. The van der Waals surface area contributed by atoms with E-state index in [1.807, 2.05) is 10.7 Å². The van der Waals surface area contributed by atoms with Crippen LogP contribution in [-0.4, -0.2) is 51.0 Å². The lowest BCUT2D eigenvalue weighted by Crippen LogP contribution is -2.64. The largest absolute Gasteiger partial charge is 0.419 e. The first-order valence-corrected chi connectivity index (χ1v) is 12.0. The van der Waals surface area contributed by atoms with Gasteiger partial charge in [0.15, 0.2) is 0 Å². The molecule has 4 atom stereocenters. The van der Waals surface area contributed by atoms with Crippen molar-refractivity contribution in [1.29, 1.82) is 0 Å². The Bertz CT molecular complexity index is 1050. The minimum absolute atomic E-state index is 0.129. The summed E-state index contributed by atoms with van der Waals surface area (Å²) in [6, 6.07) is 3.80. The zero-order valence-electron chi connectivity index (χ0n) is 19.0. The van der Waals surface area contributed by atoms with Gasteiger partial charge in [0.2, 0.25) is 0 Å². The number of nitrogens with zero attached hydrogens (tertiary/aromatic N) is 4. The number of ether oxygens (including phenoxy) is 1. The first-order valence-electron chi connectivity index (χ1n) is 12.0. The average Bonchev–Trinajstić information content (AvgIpc) is 3.22. The van der Waals surface area contributed by atoms with Gasteiger partial charge in [-0.05, 0) is 63.5 Å². The number of anilines is 1. The van der Waals surface area contributed by atoms with E-state index in [0.29, 0.717) is 35.1 Å². The minimum Gasteiger partial charge on any atom is -0.383 e. The Morgan fingerprint density at radius 2 is 1.91 bits per heavy atom. The van der Waals surface area contributed by atoms with Crippen LogP contribution in [0.1, 0.15) is 62.7 Å². The number of alkyl halides is 3. The highest BCUT2D eigenvalue weighted by Gasteiger charge is 2.61. The second kappa shape index (κ2) is 7.18. The number of nitrogen functional groups attached to an aromatic ring is 1. The number of rotatable bonds is 4. The molecule has 0 amide bonds. The SMILES string of the molecule is CC(C)n1nc(-c2cnc(N)c(C(F)(F)F)c2)cc1[C@H]1[C@@H]2CC(N3CC4(CCCO4)C3)C[C@@H]21. The lowest BCUT2D eigenvalue weighted by molar-refractivity contribution is -0.137. The van der Waals surface area contributed by atoms with Gasteiger partial charge in [-0.15, -0.1) is 0 Å². The molecule has 2 aliphatic carbocycles. The van der Waals surface area contributed by atoms with Crippen LogP contribution in [0.25, 0.3) is 11.3 Å². The van der Waals surface area contributed by atoms with Crippen molar-refractivity contribution in [2.24, 2.45) is 11.8 Å². The molecule has 6 rings (SSSR count). The van der Waals surface area contributed by atoms with Crippen LogP contribution >= 0.6 is 0 Å². The van der Waals surface area contributed by atoms with Crippen molar-refractivity contribution in [2.75, 3.05) is 25.4 Å². The first-order chi connectivity index (χ1) is 15.7. The lowest BCUT2D eigenvalue weighted by atomic mass is 9.88. The molecule has 6 nitrogen and oxygen atoms in total. The normalized spacial score (nSPS) is 30.7. The second-order valence-electron chi connectivity index (χ2n) is 10.7. The van der Waals surface area contributed by atoms with E-state index in [-0.39, 0.29) is 11.6 Å². The zero-order chi connectivity index (χ0) is 23.1. The van der Waals surface area contributed by atoms with Gasteiger partial charge in [0.1, 0.15) is 5.82 Å². The van der Waals surface area contributed by atoms with Gasteiger partial charge >= 0.3 is 6.18 Å². The van der Waals surface area contributed by atoms with Gasteiger partial charge in [0.05, 0.1) is 16.9 Å². The third-order valence-corrected chi connectivity index (χ3v) is 8.22. The Hall–Kier alpha value is -2.13. The molecule has 178 valence electrons. The van der Waals surface area contributed by atoms with E-state index in [0.717, 1.165) is 31.5 Å². The summed E-state index contributed by atoms with van der Waals surface area (Å²) in [4.78, 5) is 6.39. The fraction of sp³-hybridized carbons (Fsp3) is 0.667. The summed E-state index contributed by atoms with van der Waals surface area (Å²) < 4.78 is 47.9. The van der Waals surface area contributed by atoms with Crippen molar-refractivity contribution >= 4 is 5.82 Å². The maximum absolute atomic E-state index is 13.3. The Morgan fingerprint density at radius 3 is 2.52 bits per heavy atom. The van der Waals surface area contributed by atoms with Crippen LogP contribution in [0.2, 0.25) is 0 Å². The van der Waals surface area contributed by atoms with Gasteiger partial charge in [0.25, 0.3) is 0 Å². The first kappa shape index (κ1) is 21.4. The van der Waals surface area contributed by atoms with E-state index in [1.54, 1.807) is 0 Å². The van der Waals surface area contributed by atoms with Crippen molar-refractivity contribution in [3.63, 3.8) is 0 Å². The Morgan fingerprint density at radius 1 is 1.18 bits per heavy atom. The molecule has 1 unspecified atom stereocenters. The van der Waals surface area contributed by atoms with Crippen LogP contribution in [0.3, 0.4) is 0 Å². The number of likely N-dealkylation sites (tertiary alicyclic amines) is 1. The van der Waals surface area contributed by atoms with Gasteiger partial charge in [-0.1, -0.05) is 0 Å². The molecule has 2 aromatic rings. The van der Waals surface area contributed by atoms with Gasteiger partial charge in [-0.3, -0.25) is 9.58 Å². The molecule has 0 bridgehead atoms. The number of aromatic nitrogens is 3. The van der Waals surface area contributed by atoms with Crippen molar-refractivity contribution < 1.29 is 17.9 Å². The highest BCUT2D eigenvalue weighted by molar-refractivity contribution is 5.63. The number of hydrogen-bond acceptors (Lipinski definition) is 5. The summed E-state index contributed by atoms with van der Waals surface area (Å²) in [7, 11) is 0. The van der Waals surface area contributed by atoms with Crippen LogP contribution in [0, 0.1) is 11.8 Å². The molecule has 33 heavy (non-hydrogen) atoms. The molecule has 2 aromatic heterocycles. The third kappa shape index (κ3) is 3.46. The van der Waals surface area contributed by atoms with Crippen LogP contribution in [0.5, 0.6) is 0 Å². The molecular formula is C24H30F3N5O. The quantitative estimate of drug-likeness (QED) is 0.727. The zero-order valence-corrected chi connectivity index (χ0v) is 19.0. The molecule has 2 saturated carbocycles. The van der Waals surface area contributed by atoms with Crippen molar-refractivity contribution in [3.05, 3.63) is 29.6 Å². The second-order valence-corrected chi connectivity index (χ2v) is 10.7. The number of hydrogen-bond donors (Lipinski definition) is 1. The molecule has 9 heteroatoms. The highest BCUT2D eigenvalue weighted by atomic mass is 19.4. The van der Waals surface area contributed by atoms with E-state index in [1.165, 1.54) is 31.9 Å². The summed E-state index contributed by atoms with van der Waals surface area (Å²) in [6.45, 7) is 7.17. The average molecular weight is 462 g/mol. The van der Waals surface area contributed by atoms with Crippen LogP contribution in [0.15, 0.2) is 18.3 Å². The monoisotopic (exact) mass is 461 g/mol. The molecule has 4 aliphatic rings. The van der Waals surface area contributed by atoms with Gasteiger partial charge in [0, 0.05) is 55.2 Å². The maximum atomic E-state index is 13.3. The van der Waals surface area contributed by atoms with Crippen molar-refractivity contribution in [2.45, 2.75) is 69.3 Å². The number of halogens is 3. The molecule has 2 N–H and O–H groups in total. The highest BCUT2D eigenvalue weighted by Crippen LogP contribution is 2.64. The van der Waals surface area contributed by atoms with E-state index in [2.05, 4.69) is 23.7 Å². The molecule has 1 spiro atoms. The minimum atomic E-state index is -4.54. The van der Waals surface area contributed by atoms with Gasteiger partial charge in [-0.2, -0.15) is 18.3 Å². The molecule has 0 radical (unpaired) electrons. The summed E-state index contributed by atoms with van der Waals surface area (Å²) in [5, 5.41) is 4.69. The van der Waals surface area contributed by atoms with Crippen molar-refractivity contribution in [1.82, 2.24) is 19.7 Å². The molecule has 0 aromatic carbocycles. The van der Waals surface area contributed by atoms with E-state index < -0.39 is 17.6 Å². The smallest absolute Gasteiger partial charge is 0.383 e. The van der Waals surface area contributed by atoms with Crippen LogP contribution < -0.4 is 5.73 Å². The topological polar surface area (TPSA) is 69.2 Å². The number of pyridine rings is 1. The van der Waals surface area contributed by atoms with E-state index >= 15 is 0 Å². The molecule has 2 aliphatic heterocycles. The molecular weight excluding hydrogens is 431 g/mol. The fourth-order valence-corrected chi connectivity index (χ4v) is 6.56. The standard InChI is InChI=1S/C24H30F3N5O/c1-13(2)32-20(9-19(30-32)14-6-18(24(25,26)27)22(28)29-10-14)21-16-7-15(8-17(16)21)31-11-23(12-31)4-3-5-33-23/h6,9-10,13,15-17,21H,3-5,7-8,11-12H2,1-2H3,(H2,28,29)/t15?,16-,17+,21+. The number of nitrogens with two attached hydrogens (primary N) is 1. The van der Waals surface area contributed by atoms with Crippen molar-refractivity contribution in [3.8, 4) is 11.3 Å².